The van der Waals surface area contributed by atoms with E-state index < -0.39 is 15.9 Å². The summed E-state index contributed by atoms with van der Waals surface area (Å²) in [5, 5.41) is 2.75. The van der Waals surface area contributed by atoms with E-state index in [1.165, 1.54) is 28.6 Å². The van der Waals surface area contributed by atoms with Gasteiger partial charge in [0.25, 0.3) is 5.91 Å². The van der Waals surface area contributed by atoms with Gasteiger partial charge in [0.05, 0.1) is 5.02 Å². The molecule has 0 radical (unpaired) electrons. The van der Waals surface area contributed by atoms with Crippen molar-refractivity contribution in [3.05, 3.63) is 63.9 Å². The monoisotopic (exact) mass is 410 g/mol. The van der Waals surface area contributed by atoms with Crippen molar-refractivity contribution in [3.63, 3.8) is 0 Å². The minimum atomic E-state index is -3.73. The molecule has 2 aromatic carbocycles. The molecule has 0 aliphatic carbocycles. The Morgan fingerprint density at radius 2 is 1.89 bits per heavy atom. The fraction of sp³-hybridized carbons (Fsp3) is 0.316. The van der Waals surface area contributed by atoms with E-state index in [1.807, 2.05) is 0 Å². The van der Waals surface area contributed by atoms with Crippen molar-refractivity contribution in [1.29, 1.82) is 0 Å². The lowest BCUT2D eigenvalue weighted by Crippen LogP contribution is -2.29. The van der Waals surface area contributed by atoms with Crippen molar-refractivity contribution in [2.24, 2.45) is 0 Å². The zero-order valence-corrected chi connectivity index (χ0v) is 16.4. The van der Waals surface area contributed by atoms with E-state index in [0.717, 1.165) is 12.8 Å². The first-order valence-corrected chi connectivity index (χ1v) is 10.4. The third kappa shape index (κ3) is 4.31. The van der Waals surface area contributed by atoms with Gasteiger partial charge >= 0.3 is 0 Å². The molecule has 0 spiro atoms. The van der Waals surface area contributed by atoms with Crippen LogP contribution in [0.4, 0.5) is 4.39 Å². The number of aryl methyl sites for hydroxylation is 1. The summed E-state index contributed by atoms with van der Waals surface area (Å²) in [7, 11) is -3.73. The van der Waals surface area contributed by atoms with Crippen molar-refractivity contribution < 1.29 is 17.6 Å². The molecule has 144 valence electrons. The Hall–Kier alpha value is -1.96. The maximum absolute atomic E-state index is 13.6. The highest BCUT2D eigenvalue weighted by Gasteiger charge is 2.29. The summed E-state index contributed by atoms with van der Waals surface area (Å²) < 4.78 is 40.5. The molecule has 1 N–H and O–H groups in total. The SMILES string of the molecule is Cc1ccc(CNC(=O)c2ccc(Cl)c(S(=O)(=O)N3CCCC3)c2)cc1F. The quantitative estimate of drug-likeness (QED) is 0.820. The number of hydrogen-bond acceptors (Lipinski definition) is 3. The van der Waals surface area contributed by atoms with E-state index in [2.05, 4.69) is 5.32 Å². The molecule has 1 fully saturated rings. The lowest BCUT2D eigenvalue weighted by Gasteiger charge is -2.17. The van der Waals surface area contributed by atoms with Crippen molar-refractivity contribution in [3.8, 4) is 0 Å². The second kappa shape index (κ2) is 7.96. The molecule has 0 atom stereocenters. The van der Waals surface area contributed by atoms with Crippen LogP contribution in [0.1, 0.15) is 34.3 Å². The maximum Gasteiger partial charge on any atom is 0.251 e. The van der Waals surface area contributed by atoms with Crippen LogP contribution in [0.5, 0.6) is 0 Å². The Bertz CT molecular complexity index is 973. The van der Waals surface area contributed by atoms with E-state index in [0.29, 0.717) is 24.2 Å². The normalized spacial score (nSPS) is 15.1. The van der Waals surface area contributed by atoms with E-state index in [-0.39, 0.29) is 27.8 Å². The van der Waals surface area contributed by atoms with Crippen LogP contribution in [0.25, 0.3) is 0 Å². The number of carbonyl (C=O) groups excluding carboxylic acids is 1. The predicted molar refractivity (Wildman–Crippen MR) is 102 cm³/mol. The van der Waals surface area contributed by atoms with Gasteiger partial charge in [-0.25, -0.2) is 12.8 Å². The number of nitrogens with zero attached hydrogens (tertiary/aromatic N) is 1. The first-order valence-electron chi connectivity index (χ1n) is 8.62. The molecule has 3 rings (SSSR count). The minimum Gasteiger partial charge on any atom is -0.348 e. The van der Waals surface area contributed by atoms with E-state index in [1.54, 1.807) is 19.1 Å². The predicted octanol–water partition coefficient (Wildman–Crippen LogP) is 3.50. The molecule has 0 bridgehead atoms. The number of halogens is 2. The van der Waals surface area contributed by atoms with Crippen molar-refractivity contribution in [2.75, 3.05) is 13.1 Å². The summed E-state index contributed by atoms with van der Waals surface area (Å²) >= 11 is 6.09. The maximum atomic E-state index is 13.6. The zero-order chi connectivity index (χ0) is 19.6. The van der Waals surface area contributed by atoms with Crippen molar-refractivity contribution in [2.45, 2.75) is 31.2 Å². The number of nitrogens with one attached hydrogen (secondary N) is 1. The number of rotatable bonds is 5. The summed E-state index contributed by atoms with van der Waals surface area (Å²) in [4.78, 5) is 12.4. The number of hydrogen-bond donors (Lipinski definition) is 1. The third-order valence-corrected chi connectivity index (χ3v) is 6.95. The third-order valence-electron chi connectivity index (χ3n) is 4.57. The summed E-state index contributed by atoms with van der Waals surface area (Å²) in [5.41, 5.74) is 1.33. The van der Waals surface area contributed by atoms with E-state index >= 15 is 0 Å². The molecule has 5 nitrogen and oxygen atoms in total. The number of carbonyl (C=O) groups is 1. The highest BCUT2D eigenvalue weighted by Crippen LogP contribution is 2.28. The molecule has 1 amide bonds. The Balaban J connectivity index is 1.78. The van der Waals surface area contributed by atoms with Crippen LogP contribution in [-0.2, 0) is 16.6 Å². The Kier molecular flexibility index (Phi) is 5.83. The Morgan fingerprint density at radius 1 is 1.19 bits per heavy atom. The van der Waals surface area contributed by atoms with Crippen molar-refractivity contribution in [1.82, 2.24) is 9.62 Å². The van der Waals surface area contributed by atoms with Gasteiger partial charge in [-0.05, 0) is 55.2 Å². The molecule has 8 heteroatoms. The van der Waals surface area contributed by atoms with Gasteiger partial charge < -0.3 is 5.32 Å². The summed E-state index contributed by atoms with van der Waals surface area (Å²) in [6, 6.07) is 8.90. The fourth-order valence-electron chi connectivity index (χ4n) is 2.94. The summed E-state index contributed by atoms with van der Waals surface area (Å²) in [5.74, 6) is -0.794. The fourth-order valence-corrected chi connectivity index (χ4v) is 4.96. The van der Waals surface area contributed by atoms with Gasteiger partial charge in [0.2, 0.25) is 10.0 Å². The second-order valence-corrected chi connectivity index (χ2v) is 8.84. The number of sulfonamides is 1. The second-order valence-electron chi connectivity index (χ2n) is 6.52. The van der Waals surface area contributed by atoms with Crippen LogP contribution in [0.2, 0.25) is 5.02 Å². The highest BCUT2D eigenvalue weighted by molar-refractivity contribution is 7.89. The molecule has 27 heavy (non-hydrogen) atoms. The van der Waals surface area contributed by atoms with Gasteiger partial charge in [-0.2, -0.15) is 4.31 Å². The molecular weight excluding hydrogens is 391 g/mol. The van der Waals surface area contributed by atoms with E-state index in [9.17, 15) is 17.6 Å². The standard InChI is InChI=1S/C19H20ClFN2O3S/c1-13-4-5-14(10-17(13)21)12-22-19(24)15-6-7-16(20)18(11-15)27(25,26)23-8-2-3-9-23/h4-7,10-11H,2-3,8-9,12H2,1H3,(H,22,24). The smallest absolute Gasteiger partial charge is 0.251 e. The van der Waals surface area contributed by atoms with Crippen molar-refractivity contribution >= 4 is 27.5 Å². The lowest BCUT2D eigenvalue weighted by atomic mass is 10.1. The Morgan fingerprint density at radius 3 is 2.56 bits per heavy atom. The Labute approximate surface area is 163 Å². The van der Waals surface area contributed by atoms with Gasteiger partial charge in [0.15, 0.2) is 0 Å². The topological polar surface area (TPSA) is 66.5 Å². The lowest BCUT2D eigenvalue weighted by molar-refractivity contribution is 0.0950. The largest absolute Gasteiger partial charge is 0.348 e. The number of amides is 1. The average molecular weight is 411 g/mol. The van der Waals surface area contributed by atoms with Gasteiger partial charge in [-0.1, -0.05) is 23.7 Å². The number of benzene rings is 2. The van der Waals surface area contributed by atoms with Crippen LogP contribution in [0.3, 0.4) is 0 Å². The molecule has 1 saturated heterocycles. The van der Waals surface area contributed by atoms with Crippen LogP contribution in [0, 0.1) is 12.7 Å². The molecule has 2 aromatic rings. The van der Waals surface area contributed by atoms with Crippen LogP contribution in [-0.4, -0.2) is 31.7 Å². The zero-order valence-electron chi connectivity index (χ0n) is 14.8. The highest BCUT2D eigenvalue weighted by atomic mass is 35.5. The molecule has 0 saturated carbocycles. The van der Waals surface area contributed by atoms with Gasteiger partial charge in [0.1, 0.15) is 10.7 Å². The van der Waals surface area contributed by atoms with Gasteiger partial charge in [0, 0.05) is 25.2 Å². The van der Waals surface area contributed by atoms with Gasteiger partial charge in [-0.3, -0.25) is 4.79 Å². The summed E-state index contributed by atoms with van der Waals surface area (Å²) in [6.07, 6.45) is 1.62. The van der Waals surface area contributed by atoms with Crippen LogP contribution >= 0.6 is 11.6 Å². The van der Waals surface area contributed by atoms with E-state index in [4.69, 9.17) is 11.6 Å². The minimum absolute atomic E-state index is 0.0694. The average Bonchev–Trinajstić information content (AvgIpc) is 3.18. The first kappa shape index (κ1) is 19.8. The molecule has 1 heterocycles. The van der Waals surface area contributed by atoms with Crippen LogP contribution < -0.4 is 5.32 Å². The molecule has 1 aliphatic rings. The molecule has 1 aliphatic heterocycles. The first-order chi connectivity index (χ1) is 12.8. The van der Waals surface area contributed by atoms with Crippen LogP contribution in [0.15, 0.2) is 41.3 Å². The summed E-state index contributed by atoms with van der Waals surface area (Å²) in [6.45, 7) is 2.70. The molecular formula is C19H20ClFN2O3S. The molecule has 0 aromatic heterocycles. The molecule has 0 unspecified atom stereocenters. The van der Waals surface area contributed by atoms with Gasteiger partial charge in [-0.15, -0.1) is 0 Å².